The van der Waals surface area contributed by atoms with Crippen LogP contribution in [-0.4, -0.2) is 43.1 Å². The molecule has 1 aliphatic heterocycles. The van der Waals surface area contributed by atoms with E-state index in [0.29, 0.717) is 6.54 Å². The van der Waals surface area contributed by atoms with Gasteiger partial charge in [-0.05, 0) is 30.8 Å². The lowest BCUT2D eigenvalue weighted by Gasteiger charge is -2.34. The average Bonchev–Trinajstić information content (AvgIpc) is 2.55. The van der Waals surface area contributed by atoms with E-state index < -0.39 is 0 Å². The first-order chi connectivity index (χ1) is 10.7. The SMILES string of the molecule is CN1CCN(c2ccnc(NCc3ccc(F)cc3)c2)CC1. The van der Waals surface area contributed by atoms with E-state index in [-0.39, 0.29) is 5.82 Å². The first kappa shape index (κ1) is 14.8. The molecule has 0 atom stereocenters. The number of anilines is 2. The summed E-state index contributed by atoms with van der Waals surface area (Å²) in [6.07, 6.45) is 1.83. The number of rotatable bonds is 4. The molecule has 1 fully saturated rings. The summed E-state index contributed by atoms with van der Waals surface area (Å²) in [5, 5.41) is 3.30. The molecule has 22 heavy (non-hydrogen) atoms. The highest BCUT2D eigenvalue weighted by Gasteiger charge is 2.14. The number of nitrogens with one attached hydrogen (secondary N) is 1. The minimum atomic E-state index is -0.209. The molecule has 0 aliphatic carbocycles. The minimum Gasteiger partial charge on any atom is -0.369 e. The third-order valence-electron chi connectivity index (χ3n) is 4.00. The van der Waals surface area contributed by atoms with Gasteiger partial charge < -0.3 is 15.1 Å². The zero-order valence-electron chi connectivity index (χ0n) is 12.8. The van der Waals surface area contributed by atoms with Crippen molar-refractivity contribution in [3.05, 3.63) is 54.0 Å². The quantitative estimate of drug-likeness (QED) is 0.940. The third kappa shape index (κ3) is 3.74. The first-order valence-electron chi connectivity index (χ1n) is 7.58. The molecular weight excluding hydrogens is 279 g/mol. The molecule has 0 amide bonds. The second kappa shape index (κ2) is 6.75. The Balaban J connectivity index is 1.62. The highest BCUT2D eigenvalue weighted by atomic mass is 19.1. The van der Waals surface area contributed by atoms with Gasteiger partial charge in [0.15, 0.2) is 0 Å². The largest absolute Gasteiger partial charge is 0.369 e. The standard InChI is InChI=1S/C17H21FN4/c1-21-8-10-22(11-9-21)16-6-7-19-17(12-16)20-13-14-2-4-15(18)5-3-14/h2-7,12H,8-11,13H2,1H3,(H,19,20). The van der Waals surface area contributed by atoms with E-state index >= 15 is 0 Å². The molecule has 0 radical (unpaired) electrons. The van der Waals surface area contributed by atoms with Crippen LogP contribution in [0.3, 0.4) is 0 Å². The second-order valence-corrected chi connectivity index (χ2v) is 5.67. The van der Waals surface area contributed by atoms with Gasteiger partial charge >= 0.3 is 0 Å². The topological polar surface area (TPSA) is 31.4 Å². The number of pyridine rings is 1. The number of benzene rings is 1. The Hall–Kier alpha value is -2.14. The maximum absolute atomic E-state index is 12.9. The van der Waals surface area contributed by atoms with Crippen molar-refractivity contribution >= 4 is 11.5 Å². The average molecular weight is 300 g/mol. The first-order valence-corrected chi connectivity index (χ1v) is 7.58. The summed E-state index contributed by atoms with van der Waals surface area (Å²) in [5.74, 6) is 0.639. The fraction of sp³-hybridized carbons (Fsp3) is 0.353. The van der Waals surface area contributed by atoms with Gasteiger partial charge in [0.25, 0.3) is 0 Å². The van der Waals surface area contributed by atoms with Crippen molar-refractivity contribution in [3.63, 3.8) is 0 Å². The lowest BCUT2D eigenvalue weighted by atomic mass is 10.2. The Bertz CT molecular complexity index is 606. The maximum Gasteiger partial charge on any atom is 0.128 e. The molecular formula is C17H21FN4. The Labute approximate surface area is 130 Å². The monoisotopic (exact) mass is 300 g/mol. The van der Waals surface area contributed by atoms with Crippen molar-refractivity contribution in [1.82, 2.24) is 9.88 Å². The molecule has 0 spiro atoms. The Morgan fingerprint density at radius 3 is 2.55 bits per heavy atom. The van der Waals surface area contributed by atoms with Gasteiger partial charge in [-0.25, -0.2) is 9.37 Å². The third-order valence-corrected chi connectivity index (χ3v) is 4.00. The number of nitrogens with zero attached hydrogens (tertiary/aromatic N) is 3. The number of piperazine rings is 1. The molecule has 1 saturated heterocycles. The number of hydrogen-bond acceptors (Lipinski definition) is 4. The van der Waals surface area contributed by atoms with Gasteiger partial charge in [-0.15, -0.1) is 0 Å². The van der Waals surface area contributed by atoms with Crippen molar-refractivity contribution < 1.29 is 4.39 Å². The molecule has 1 N–H and O–H groups in total. The van der Waals surface area contributed by atoms with Crippen LogP contribution in [0.4, 0.5) is 15.9 Å². The fourth-order valence-electron chi connectivity index (χ4n) is 2.57. The van der Waals surface area contributed by atoms with Gasteiger partial charge in [-0.2, -0.15) is 0 Å². The summed E-state index contributed by atoms with van der Waals surface area (Å²) < 4.78 is 12.9. The van der Waals surface area contributed by atoms with E-state index in [1.807, 2.05) is 12.3 Å². The molecule has 0 bridgehead atoms. The summed E-state index contributed by atoms with van der Waals surface area (Å²) in [5.41, 5.74) is 2.23. The number of aromatic nitrogens is 1. The van der Waals surface area contributed by atoms with E-state index in [2.05, 4.69) is 33.2 Å². The Morgan fingerprint density at radius 1 is 1.09 bits per heavy atom. The maximum atomic E-state index is 12.9. The van der Waals surface area contributed by atoms with Gasteiger partial charge in [0, 0.05) is 50.7 Å². The number of hydrogen-bond donors (Lipinski definition) is 1. The van der Waals surface area contributed by atoms with Crippen molar-refractivity contribution in [2.45, 2.75) is 6.54 Å². The molecule has 2 aromatic rings. The van der Waals surface area contributed by atoms with Crippen LogP contribution in [0.1, 0.15) is 5.56 Å². The molecule has 1 aromatic carbocycles. The van der Waals surface area contributed by atoms with Crippen molar-refractivity contribution in [2.75, 3.05) is 43.4 Å². The van der Waals surface area contributed by atoms with Crippen molar-refractivity contribution in [1.29, 1.82) is 0 Å². The Kier molecular flexibility index (Phi) is 4.53. The number of likely N-dealkylation sites (N-methyl/N-ethyl adjacent to an activating group) is 1. The molecule has 0 saturated carbocycles. The van der Waals surface area contributed by atoms with E-state index in [9.17, 15) is 4.39 Å². The molecule has 0 unspecified atom stereocenters. The summed E-state index contributed by atoms with van der Waals surface area (Å²) >= 11 is 0. The second-order valence-electron chi connectivity index (χ2n) is 5.67. The molecule has 1 aliphatic rings. The highest BCUT2D eigenvalue weighted by Crippen LogP contribution is 2.19. The summed E-state index contributed by atoms with van der Waals surface area (Å²) in [4.78, 5) is 9.08. The zero-order chi connectivity index (χ0) is 15.4. The van der Waals surface area contributed by atoms with E-state index in [1.165, 1.54) is 17.8 Å². The van der Waals surface area contributed by atoms with Crippen molar-refractivity contribution in [3.8, 4) is 0 Å². The van der Waals surface area contributed by atoms with E-state index in [0.717, 1.165) is 37.6 Å². The van der Waals surface area contributed by atoms with Crippen LogP contribution in [0.5, 0.6) is 0 Å². The zero-order valence-corrected chi connectivity index (χ0v) is 12.8. The van der Waals surface area contributed by atoms with Crippen LogP contribution in [-0.2, 0) is 6.54 Å². The summed E-state index contributed by atoms with van der Waals surface area (Å²) in [6.45, 7) is 4.89. The van der Waals surface area contributed by atoms with Crippen LogP contribution in [0, 0.1) is 5.82 Å². The number of halogens is 1. The predicted octanol–water partition coefficient (Wildman–Crippen LogP) is 2.58. The summed E-state index contributed by atoms with van der Waals surface area (Å²) in [6, 6.07) is 10.7. The molecule has 3 rings (SSSR count). The minimum absolute atomic E-state index is 0.209. The van der Waals surface area contributed by atoms with Crippen LogP contribution in [0.2, 0.25) is 0 Å². The van der Waals surface area contributed by atoms with Crippen LogP contribution < -0.4 is 10.2 Å². The molecule has 1 aromatic heterocycles. The molecule has 2 heterocycles. The van der Waals surface area contributed by atoms with E-state index in [1.54, 1.807) is 12.1 Å². The Morgan fingerprint density at radius 2 is 1.82 bits per heavy atom. The van der Waals surface area contributed by atoms with Gasteiger partial charge in [0.1, 0.15) is 11.6 Å². The highest BCUT2D eigenvalue weighted by molar-refractivity contribution is 5.54. The van der Waals surface area contributed by atoms with Gasteiger partial charge in [-0.3, -0.25) is 0 Å². The van der Waals surface area contributed by atoms with Gasteiger partial charge in [0.05, 0.1) is 0 Å². The van der Waals surface area contributed by atoms with Crippen LogP contribution in [0.15, 0.2) is 42.6 Å². The lowest BCUT2D eigenvalue weighted by molar-refractivity contribution is 0.313. The van der Waals surface area contributed by atoms with Gasteiger partial charge in [-0.1, -0.05) is 12.1 Å². The fourth-order valence-corrected chi connectivity index (χ4v) is 2.57. The molecule has 4 nitrogen and oxygen atoms in total. The smallest absolute Gasteiger partial charge is 0.128 e. The molecule has 5 heteroatoms. The molecule has 116 valence electrons. The lowest BCUT2D eigenvalue weighted by Crippen LogP contribution is -2.44. The van der Waals surface area contributed by atoms with Crippen LogP contribution >= 0.6 is 0 Å². The summed E-state index contributed by atoms with van der Waals surface area (Å²) in [7, 11) is 2.15. The van der Waals surface area contributed by atoms with Crippen LogP contribution in [0.25, 0.3) is 0 Å². The van der Waals surface area contributed by atoms with Gasteiger partial charge in [0.2, 0.25) is 0 Å². The predicted molar refractivity (Wildman–Crippen MR) is 87.7 cm³/mol. The van der Waals surface area contributed by atoms with Crippen molar-refractivity contribution in [2.24, 2.45) is 0 Å². The normalized spacial score (nSPS) is 15.8. The van der Waals surface area contributed by atoms with E-state index in [4.69, 9.17) is 0 Å².